The summed E-state index contributed by atoms with van der Waals surface area (Å²) < 4.78 is 18.6. The average Bonchev–Trinajstić information content (AvgIpc) is 3.12. The first-order valence-electron chi connectivity index (χ1n) is 11.0. The van der Waals surface area contributed by atoms with Gasteiger partial charge in [-0.25, -0.2) is 0 Å². The number of benzene rings is 1. The first-order chi connectivity index (χ1) is 15.6. The van der Waals surface area contributed by atoms with Crippen molar-refractivity contribution in [1.29, 1.82) is 0 Å². The minimum atomic E-state index is -1.04. The maximum absolute atomic E-state index is 12.6. The van der Waals surface area contributed by atoms with E-state index in [1.165, 1.54) is 0 Å². The van der Waals surface area contributed by atoms with Gasteiger partial charge in [-0.1, -0.05) is 23.9 Å². The number of rotatable bonds is 6. The Kier molecular flexibility index (Phi) is 6.28. The number of imide groups is 1. The fourth-order valence-electron chi connectivity index (χ4n) is 4.71. The van der Waals surface area contributed by atoms with Crippen LogP contribution in [0.25, 0.3) is 0 Å². The van der Waals surface area contributed by atoms with E-state index in [-0.39, 0.29) is 16.9 Å². The standard InChI is InChI=1S/C25H29NO6S/c1-14-16(3)25(30-5)19(15(2)21(14)27)10-11-24(4,32-25)13-31-18-8-6-17(7-9-18)12-20-22(28)26-23(29)33-20/h6-9,20H,10-13H2,1-5H3,(H,26,28,29). The molecule has 3 unspecified atom stereocenters. The molecule has 33 heavy (non-hydrogen) atoms. The van der Waals surface area contributed by atoms with E-state index < -0.39 is 16.6 Å². The van der Waals surface area contributed by atoms with Crippen molar-refractivity contribution >= 4 is 28.7 Å². The molecule has 1 aromatic rings. The van der Waals surface area contributed by atoms with Gasteiger partial charge in [-0.2, -0.15) is 0 Å². The zero-order valence-corrected chi connectivity index (χ0v) is 20.4. The number of carbonyl (C=O) groups excluding carboxylic acids is 3. The molecule has 2 heterocycles. The third kappa shape index (κ3) is 4.27. The Morgan fingerprint density at radius 2 is 1.82 bits per heavy atom. The van der Waals surface area contributed by atoms with Gasteiger partial charge < -0.3 is 14.2 Å². The fraction of sp³-hybridized carbons (Fsp3) is 0.480. The highest BCUT2D eigenvalue weighted by Crippen LogP contribution is 2.49. The molecule has 1 aromatic carbocycles. The van der Waals surface area contributed by atoms with Gasteiger partial charge in [-0.3, -0.25) is 19.7 Å². The number of carbonyl (C=O) groups is 3. The van der Waals surface area contributed by atoms with E-state index in [9.17, 15) is 14.4 Å². The molecule has 3 atom stereocenters. The number of allylic oxidation sites excluding steroid dienone is 2. The van der Waals surface area contributed by atoms with E-state index in [1.54, 1.807) is 7.11 Å². The van der Waals surface area contributed by atoms with E-state index in [1.807, 2.05) is 52.0 Å². The van der Waals surface area contributed by atoms with Crippen LogP contribution in [0.3, 0.4) is 0 Å². The van der Waals surface area contributed by atoms with Gasteiger partial charge in [0, 0.05) is 23.8 Å². The van der Waals surface area contributed by atoms with Gasteiger partial charge in [-0.05, 0) is 70.2 Å². The van der Waals surface area contributed by atoms with Gasteiger partial charge in [0.1, 0.15) is 18.0 Å². The molecular formula is C25H29NO6S. The summed E-state index contributed by atoms with van der Waals surface area (Å²) in [6.45, 7) is 7.87. The zero-order valence-electron chi connectivity index (χ0n) is 19.6. The van der Waals surface area contributed by atoms with Crippen LogP contribution in [0.1, 0.15) is 46.1 Å². The molecule has 0 bridgehead atoms. The minimum absolute atomic E-state index is 0.0524. The smallest absolute Gasteiger partial charge is 0.286 e. The Balaban J connectivity index is 1.44. The minimum Gasteiger partial charge on any atom is -0.491 e. The quantitative estimate of drug-likeness (QED) is 0.668. The summed E-state index contributed by atoms with van der Waals surface area (Å²) in [5.41, 5.74) is 3.39. The normalized spacial score (nSPS) is 30.0. The second-order valence-corrected chi connectivity index (χ2v) is 10.3. The number of Topliss-reactive ketones (excluding diaryl/α,β-unsaturated/α-hetero) is 1. The Labute approximate surface area is 197 Å². The summed E-state index contributed by atoms with van der Waals surface area (Å²) in [7, 11) is 1.61. The van der Waals surface area contributed by atoms with E-state index in [0.717, 1.165) is 28.5 Å². The number of methoxy groups -OCH3 is 1. The van der Waals surface area contributed by atoms with Crippen molar-refractivity contribution in [3.05, 3.63) is 52.1 Å². The Hall–Kier alpha value is -2.42. The van der Waals surface area contributed by atoms with E-state index in [0.29, 0.717) is 42.8 Å². The van der Waals surface area contributed by atoms with Gasteiger partial charge in [-0.15, -0.1) is 0 Å². The summed E-state index contributed by atoms with van der Waals surface area (Å²) in [4.78, 5) is 35.7. The molecule has 176 valence electrons. The van der Waals surface area contributed by atoms with Crippen LogP contribution >= 0.6 is 11.8 Å². The SMILES string of the molecule is COC12OC(C)(COc3ccc(CC4SC(=O)NC4=O)cc3)CCC1=C(C)C(=O)C(C)=C2C. The molecule has 4 rings (SSSR count). The summed E-state index contributed by atoms with van der Waals surface area (Å²) >= 11 is 1.02. The number of nitrogens with one attached hydrogen (secondary N) is 1. The molecule has 2 saturated heterocycles. The van der Waals surface area contributed by atoms with Crippen molar-refractivity contribution in [2.24, 2.45) is 0 Å². The number of hydrogen-bond acceptors (Lipinski definition) is 7. The van der Waals surface area contributed by atoms with Gasteiger partial charge in [0.15, 0.2) is 5.78 Å². The molecule has 2 amide bonds. The average molecular weight is 472 g/mol. The van der Waals surface area contributed by atoms with Crippen molar-refractivity contribution in [2.45, 2.75) is 63.6 Å². The highest BCUT2D eigenvalue weighted by atomic mass is 32.2. The first-order valence-corrected chi connectivity index (χ1v) is 11.9. The highest BCUT2D eigenvalue weighted by Gasteiger charge is 2.52. The third-order valence-electron chi connectivity index (χ3n) is 6.82. The predicted molar refractivity (Wildman–Crippen MR) is 125 cm³/mol. The lowest BCUT2D eigenvalue weighted by atomic mass is 9.76. The molecule has 1 N–H and O–H groups in total. The number of fused-ring (bicyclic) bond motifs is 1. The molecule has 2 fully saturated rings. The highest BCUT2D eigenvalue weighted by molar-refractivity contribution is 8.15. The Morgan fingerprint density at radius 1 is 1.12 bits per heavy atom. The second-order valence-electron chi connectivity index (χ2n) is 9.08. The van der Waals surface area contributed by atoms with Crippen molar-refractivity contribution < 1.29 is 28.6 Å². The number of amides is 2. The van der Waals surface area contributed by atoms with Crippen molar-refractivity contribution in [3.8, 4) is 5.75 Å². The van der Waals surface area contributed by atoms with Crippen LogP contribution in [0, 0.1) is 0 Å². The molecule has 7 nitrogen and oxygen atoms in total. The largest absolute Gasteiger partial charge is 0.491 e. The lowest BCUT2D eigenvalue weighted by Gasteiger charge is -2.49. The topological polar surface area (TPSA) is 90.9 Å². The van der Waals surface area contributed by atoms with Gasteiger partial charge in [0.2, 0.25) is 11.7 Å². The summed E-state index contributed by atoms with van der Waals surface area (Å²) in [5.74, 6) is -0.544. The van der Waals surface area contributed by atoms with Crippen LogP contribution in [0.4, 0.5) is 4.79 Å². The second kappa shape index (κ2) is 8.74. The zero-order chi connectivity index (χ0) is 24.0. The number of ketones is 1. The maximum atomic E-state index is 12.6. The van der Waals surface area contributed by atoms with Gasteiger partial charge in [0.25, 0.3) is 5.24 Å². The number of ether oxygens (including phenoxy) is 3. The van der Waals surface area contributed by atoms with Crippen LogP contribution in [-0.2, 0) is 25.5 Å². The molecule has 0 aromatic heterocycles. The molecular weight excluding hydrogens is 442 g/mol. The Bertz CT molecular complexity index is 1070. The summed E-state index contributed by atoms with van der Waals surface area (Å²) in [6.07, 6.45) is 1.87. The summed E-state index contributed by atoms with van der Waals surface area (Å²) in [6, 6.07) is 7.52. The van der Waals surface area contributed by atoms with Crippen LogP contribution in [0.2, 0.25) is 0 Å². The maximum Gasteiger partial charge on any atom is 0.286 e. The van der Waals surface area contributed by atoms with Crippen molar-refractivity contribution in [2.75, 3.05) is 13.7 Å². The van der Waals surface area contributed by atoms with Crippen LogP contribution in [-0.4, -0.2) is 47.3 Å². The van der Waals surface area contributed by atoms with Crippen LogP contribution in [0.5, 0.6) is 5.75 Å². The molecule has 0 radical (unpaired) electrons. The molecule has 0 spiro atoms. The number of hydrogen-bond donors (Lipinski definition) is 1. The fourth-order valence-corrected chi connectivity index (χ4v) is 5.57. The van der Waals surface area contributed by atoms with E-state index in [4.69, 9.17) is 14.2 Å². The monoisotopic (exact) mass is 471 g/mol. The third-order valence-corrected chi connectivity index (χ3v) is 7.81. The summed E-state index contributed by atoms with van der Waals surface area (Å²) in [5, 5.41) is 1.62. The molecule has 3 aliphatic rings. The van der Waals surface area contributed by atoms with Crippen molar-refractivity contribution in [3.63, 3.8) is 0 Å². The van der Waals surface area contributed by atoms with Gasteiger partial charge in [0.05, 0.1) is 5.25 Å². The lowest BCUT2D eigenvalue weighted by molar-refractivity contribution is -0.257. The predicted octanol–water partition coefficient (Wildman–Crippen LogP) is 4.11. The first kappa shape index (κ1) is 23.7. The van der Waals surface area contributed by atoms with Crippen LogP contribution in [0.15, 0.2) is 46.6 Å². The molecule has 2 aliphatic heterocycles. The van der Waals surface area contributed by atoms with Crippen LogP contribution < -0.4 is 10.1 Å². The van der Waals surface area contributed by atoms with Gasteiger partial charge >= 0.3 is 0 Å². The lowest BCUT2D eigenvalue weighted by Crippen LogP contribution is -2.55. The number of thioether (sulfide) groups is 1. The molecule has 8 heteroatoms. The molecule has 1 aliphatic carbocycles. The Morgan fingerprint density at radius 3 is 2.42 bits per heavy atom. The van der Waals surface area contributed by atoms with Crippen molar-refractivity contribution in [1.82, 2.24) is 5.32 Å². The molecule has 0 saturated carbocycles. The van der Waals surface area contributed by atoms with E-state index in [2.05, 4.69) is 5.32 Å². The van der Waals surface area contributed by atoms with E-state index >= 15 is 0 Å².